The molecule has 2 aliphatic rings. The number of hydrogen-bond donors (Lipinski definition) is 0. The molecule has 2 aromatic rings. The van der Waals surface area contributed by atoms with Gasteiger partial charge in [-0.05, 0) is 30.7 Å². The third kappa shape index (κ3) is 2.33. The number of esters is 1. The SMILES string of the molecule is C[C@H]1COc2ccccc2N1C(=O)[C@@H]1Cc2ccccc2C(=O)O1. The van der Waals surface area contributed by atoms with E-state index in [0.717, 1.165) is 11.3 Å². The fourth-order valence-corrected chi connectivity index (χ4v) is 3.26. The fourth-order valence-electron chi connectivity index (χ4n) is 3.26. The minimum absolute atomic E-state index is 0.122. The predicted octanol–water partition coefficient (Wildman–Crippen LogP) is 2.58. The van der Waals surface area contributed by atoms with Gasteiger partial charge in [0.1, 0.15) is 12.4 Å². The zero-order valence-corrected chi connectivity index (χ0v) is 13.3. The largest absolute Gasteiger partial charge is 0.489 e. The second-order valence-electron chi connectivity index (χ2n) is 6.09. The molecule has 0 spiro atoms. The lowest BCUT2D eigenvalue weighted by molar-refractivity contribution is -0.128. The van der Waals surface area contributed by atoms with Gasteiger partial charge in [0.2, 0.25) is 0 Å². The molecule has 5 nitrogen and oxygen atoms in total. The molecule has 0 N–H and O–H groups in total. The molecular weight excluding hydrogens is 306 g/mol. The first-order valence-electron chi connectivity index (χ1n) is 7.99. The maximum absolute atomic E-state index is 13.1. The van der Waals surface area contributed by atoms with Crippen molar-refractivity contribution in [3.63, 3.8) is 0 Å². The molecule has 2 aromatic carbocycles. The zero-order chi connectivity index (χ0) is 16.7. The molecule has 0 saturated carbocycles. The number of para-hydroxylation sites is 2. The van der Waals surface area contributed by atoms with Crippen LogP contribution in [-0.2, 0) is 16.0 Å². The molecular formula is C19H17NO4. The average Bonchev–Trinajstić information content (AvgIpc) is 2.61. The van der Waals surface area contributed by atoms with E-state index >= 15 is 0 Å². The first kappa shape index (κ1) is 14.8. The Morgan fingerprint density at radius 2 is 1.88 bits per heavy atom. The van der Waals surface area contributed by atoms with E-state index in [1.165, 1.54) is 0 Å². The van der Waals surface area contributed by atoms with Crippen molar-refractivity contribution >= 4 is 17.6 Å². The Hall–Kier alpha value is -2.82. The van der Waals surface area contributed by atoms with Gasteiger partial charge in [0.15, 0.2) is 6.10 Å². The molecule has 5 heteroatoms. The summed E-state index contributed by atoms with van der Waals surface area (Å²) >= 11 is 0. The van der Waals surface area contributed by atoms with E-state index in [1.807, 2.05) is 43.3 Å². The van der Waals surface area contributed by atoms with Gasteiger partial charge in [-0.2, -0.15) is 0 Å². The maximum atomic E-state index is 13.1. The van der Waals surface area contributed by atoms with E-state index in [-0.39, 0.29) is 11.9 Å². The summed E-state index contributed by atoms with van der Waals surface area (Å²) in [6.45, 7) is 2.34. The average molecular weight is 323 g/mol. The van der Waals surface area contributed by atoms with E-state index < -0.39 is 12.1 Å². The number of amides is 1. The first-order chi connectivity index (χ1) is 11.6. The van der Waals surface area contributed by atoms with Gasteiger partial charge in [-0.1, -0.05) is 30.3 Å². The van der Waals surface area contributed by atoms with Crippen molar-refractivity contribution in [2.45, 2.75) is 25.5 Å². The number of ether oxygens (including phenoxy) is 2. The summed E-state index contributed by atoms with van der Waals surface area (Å²) in [4.78, 5) is 27.0. The van der Waals surface area contributed by atoms with E-state index in [1.54, 1.807) is 17.0 Å². The molecule has 2 aliphatic heterocycles. The first-order valence-corrected chi connectivity index (χ1v) is 7.99. The molecule has 0 radical (unpaired) electrons. The van der Waals surface area contributed by atoms with Crippen molar-refractivity contribution in [3.05, 3.63) is 59.7 Å². The van der Waals surface area contributed by atoms with Crippen LogP contribution in [0.25, 0.3) is 0 Å². The van der Waals surface area contributed by atoms with Crippen LogP contribution in [0, 0.1) is 0 Å². The zero-order valence-electron chi connectivity index (χ0n) is 13.3. The Morgan fingerprint density at radius 3 is 2.75 bits per heavy atom. The number of benzene rings is 2. The highest BCUT2D eigenvalue weighted by atomic mass is 16.5. The molecule has 0 aromatic heterocycles. The molecule has 24 heavy (non-hydrogen) atoms. The van der Waals surface area contributed by atoms with Crippen LogP contribution in [-0.4, -0.2) is 30.6 Å². The van der Waals surface area contributed by atoms with Gasteiger partial charge >= 0.3 is 5.97 Å². The molecule has 1 amide bonds. The molecule has 2 heterocycles. The van der Waals surface area contributed by atoms with Crippen molar-refractivity contribution in [1.29, 1.82) is 0 Å². The summed E-state index contributed by atoms with van der Waals surface area (Å²) < 4.78 is 11.1. The summed E-state index contributed by atoms with van der Waals surface area (Å²) in [7, 11) is 0. The monoisotopic (exact) mass is 323 g/mol. The molecule has 0 fully saturated rings. The number of cyclic esters (lactones) is 1. The maximum Gasteiger partial charge on any atom is 0.339 e. The lowest BCUT2D eigenvalue weighted by Gasteiger charge is -2.37. The number of anilines is 1. The number of carbonyl (C=O) groups excluding carboxylic acids is 2. The van der Waals surface area contributed by atoms with Crippen LogP contribution in [0.3, 0.4) is 0 Å². The summed E-state index contributed by atoms with van der Waals surface area (Å²) in [6.07, 6.45) is -0.409. The Morgan fingerprint density at radius 1 is 1.12 bits per heavy atom. The number of rotatable bonds is 1. The Balaban J connectivity index is 1.66. The molecule has 0 saturated heterocycles. The third-order valence-corrected chi connectivity index (χ3v) is 4.45. The lowest BCUT2D eigenvalue weighted by Crippen LogP contribution is -2.51. The Bertz CT molecular complexity index is 817. The highest BCUT2D eigenvalue weighted by Crippen LogP contribution is 2.35. The second kappa shape index (κ2) is 5.67. The lowest BCUT2D eigenvalue weighted by atomic mass is 9.97. The number of fused-ring (bicyclic) bond motifs is 2. The van der Waals surface area contributed by atoms with Crippen LogP contribution >= 0.6 is 0 Å². The van der Waals surface area contributed by atoms with Gasteiger partial charge < -0.3 is 9.47 Å². The number of carbonyl (C=O) groups is 2. The normalized spacial score (nSPS) is 22.0. The smallest absolute Gasteiger partial charge is 0.339 e. The molecule has 0 aliphatic carbocycles. The van der Waals surface area contributed by atoms with Gasteiger partial charge in [0.05, 0.1) is 17.3 Å². The minimum atomic E-state index is -0.805. The Labute approximate surface area is 139 Å². The van der Waals surface area contributed by atoms with E-state index in [9.17, 15) is 9.59 Å². The topological polar surface area (TPSA) is 55.8 Å². The van der Waals surface area contributed by atoms with Crippen molar-refractivity contribution in [2.75, 3.05) is 11.5 Å². The minimum Gasteiger partial charge on any atom is -0.489 e. The van der Waals surface area contributed by atoms with E-state index in [4.69, 9.17) is 9.47 Å². The van der Waals surface area contributed by atoms with Crippen LogP contribution in [0.5, 0.6) is 5.75 Å². The quantitative estimate of drug-likeness (QED) is 0.757. The fraction of sp³-hybridized carbons (Fsp3) is 0.263. The summed E-state index contributed by atoms with van der Waals surface area (Å²) in [5.74, 6) is 0.0250. The molecule has 4 rings (SSSR count). The predicted molar refractivity (Wildman–Crippen MR) is 88.2 cm³/mol. The van der Waals surface area contributed by atoms with Gasteiger partial charge in [-0.25, -0.2) is 4.79 Å². The van der Waals surface area contributed by atoms with Crippen LogP contribution in [0.2, 0.25) is 0 Å². The van der Waals surface area contributed by atoms with Crippen LogP contribution < -0.4 is 9.64 Å². The number of hydrogen-bond acceptors (Lipinski definition) is 4. The summed E-state index contributed by atoms with van der Waals surface area (Å²) in [5.41, 5.74) is 2.11. The molecule has 0 bridgehead atoms. The number of nitrogens with zero attached hydrogens (tertiary/aromatic N) is 1. The van der Waals surface area contributed by atoms with Crippen LogP contribution in [0.15, 0.2) is 48.5 Å². The van der Waals surface area contributed by atoms with Gasteiger partial charge in [0, 0.05) is 6.42 Å². The third-order valence-electron chi connectivity index (χ3n) is 4.45. The molecule has 122 valence electrons. The Kier molecular flexibility index (Phi) is 3.49. The van der Waals surface area contributed by atoms with Crippen molar-refractivity contribution in [2.24, 2.45) is 0 Å². The summed E-state index contributed by atoms with van der Waals surface area (Å²) in [6, 6.07) is 14.6. The van der Waals surface area contributed by atoms with Gasteiger partial charge in [0.25, 0.3) is 5.91 Å². The standard InChI is InChI=1S/C19H17NO4/c1-12-11-23-16-9-5-4-8-15(16)20(12)18(21)17-10-13-6-2-3-7-14(13)19(22)24-17/h2-9,12,17H,10-11H2,1H3/t12-,17-/m0/s1. The van der Waals surface area contributed by atoms with Gasteiger partial charge in [-0.15, -0.1) is 0 Å². The molecule has 0 unspecified atom stereocenters. The van der Waals surface area contributed by atoms with E-state index in [0.29, 0.717) is 24.3 Å². The highest BCUT2D eigenvalue weighted by molar-refractivity contribution is 6.02. The van der Waals surface area contributed by atoms with E-state index in [2.05, 4.69) is 0 Å². The van der Waals surface area contributed by atoms with Crippen molar-refractivity contribution in [1.82, 2.24) is 0 Å². The second-order valence-corrected chi connectivity index (χ2v) is 6.09. The van der Waals surface area contributed by atoms with Crippen LogP contribution in [0.1, 0.15) is 22.8 Å². The van der Waals surface area contributed by atoms with Gasteiger partial charge in [-0.3, -0.25) is 9.69 Å². The molecule has 2 atom stereocenters. The van der Waals surface area contributed by atoms with Crippen LogP contribution in [0.4, 0.5) is 5.69 Å². The highest BCUT2D eigenvalue weighted by Gasteiger charge is 2.38. The van der Waals surface area contributed by atoms with Crippen molar-refractivity contribution in [3.8, 4) is 5.75 Å². The summed E-state index contributed by atoms with van der Waals surface area (Å²) in [5, 5.41) is 0. The van der Waals surface area contributed by atoms with Crippen molar-refractivity contribution < 1.29 is 19.1 Å².